The van der Waals surface area contributed by atoms with Crippen molar-refractivity contribution in [2.75, 3.05) is 6.54 Å². The molecule has 0 unspecified atom stereocenters. The summed E-state index contributed by atoms with van der Waals surface area (Å²) in [6.07, 6.45) is 1.75. The Morgan fingerprint density at radius 2 is 2.05 bits per heavy atom. The Balaban J connectivity index is 2.23. The molecule has 0 aromatic carbocycles. The van der Waals surface area contributed by atoms with Crippen molar-refractivity contribution in [1.82, 2.24) is 15.1 Å². The monoisotopic (exact) mass is 281 g/mol. The van der Waals surface area contributed by atoms with Gasteiger partial charge in [0.2, 0.25) is 11.8 Å². The maximum absolute atomic E-state index is 13.8. The first kappa shape index (κ1) is 14.7. The number of nitrogens with zero attached hydrogens (tertiary/aromatic N) is 3. The number of likely N-dealkylation sites (tertiary alicyclic amines) is 1. The van der Waals surface area contributed by atoms with Crippen LogP contribution in [0, 0.1) is 0 Å². The van der Waals surface area contributed by atoms with Gasteiger partial charge < -0.3 is 9.32 Å². The Kier molecular flexibility index (Phi) is 4.20. The molecule has 1 aromatic rings. The summed E-state index contributed by atoms with van der Waals surface area (Å²) in [5.41, 5.74) is 0.502. The summed E-state index contributed by atoms with van der Waals surface area (Å²) in [5, 5.41) is 7.72. The Morgan fingerprint density at radius 3 is 2.65 bits per heavy atom. The first-order chi connectivity index (χ1) is 9.41. The fraction of sp³-hybridized carbons (Fsp3) is 0.643. The smallest absolute Gasteiger partial charge is 0.276 e. The molecule has 1 amide bonds. The van der Waals surface area contributed by atoms with Crippen LogP contribution < -0.4 is 0 Å². The van der Waals surface area contributed by atoms with Gasteiger partial charge in [-0.25, -0.2) is 4.39 Å². The average Bonchev–Trinajstić information content (AvgIpc) is 2.86. The second kappa shape index (κ2) is 5.73. The number of carbonyl (C=O) groups excluding carboxylic acids is 1. The van der Waals surface area contributed by atoms with Gasteiger partial charge in [0.25, 0.3) is 5.89 Å². The first-order valence-corrected chi connectivity index (χ1v) is 6.85. The number of hydrogen-bond acceptors (Lipinski definition) is 4. The Hall–Kier alpha value is -1.72. The third kappa shape index (κ3) is 2.73. The highest BCUT2D eigenvalue weighted by Crippen LogP contribution is 2.32. The summed E-state index contributed by atoms with van der Waals surface area (Å²) in [7, 11) is 0. The van der Waals surface area contributed by atoms with E-state index in [1.807, 2.05) is 6.92 Å². The molecule has 0 N–H and O–H groups in total. The zero-order chi connectivity index (χ0) is 14.9. The highest BCUT2D eigenvalue weighted by Gasteiger charge is 2.34. The molecule has 110 valence electrons. The molecule has 1 aromatic heterocycles. The molecule has 1 aliphatic rings. The Morgan fingerprint density at radius 1 is 1.35 bits per heavy atom. The molecule has 6 heteroatoms. The van der Waals surface area contributed by atoms with Crippen LogP contribution in [0.4, 0.5) is 4.39 Å². The summed E-state index contributed by atoms with van der Waals surface area (Å²) in [6, 6.07) is -0.00989. The van der Waals surface area contributed by atoms with Gasteiger partial charge in [-0.3, -0.25) is 4.79 Å². The van der Waals surface area contributed by atoms with Crippen LogP contribution in [-0.4, -0.2) is 33.6 Å². The molecule has 0 bridgehead atoms. The van der Waals surface area contributed by atoms with Crippen LogP contribution in [0.3, 0.4) is 0 Å². The minimum absolute atomic E-state index is 0.00989. The SMILES string of the molecule is CC(=O)N1CCC[C@H](c2nnc(C(F)=C(C)C)o2)[C@@H]1C. The topological polar surface area (TPSA) is 59.2 Å². The van der Waals surface area contributed by atoms with Crippen molar-refractivity contribution < 1.29 is 13.6 Å². The maximum Gasteiger partial charge on any atom is 0.276 e. The zero-order valence-corrected chi connectivity index (χ0v) is 12.3. The molecular weight excluding hydrogens is 261 g/mol. The van der Waals surface area contributed by atoms with E-state index in [2.05, 4.69) is 10.2 Å². The van der Waals surface area contributed by atoms with Crippen molar-refractivity contribution in [3.63, 3.8) is 0 Å². The third-order valence-corrected chi connectivity index (χ3v) is 3.78. The molecule has 1 saturated heterocycles. The van der Waals surface area contributed by atoms with Crippen molar-refractivity contribution in [2.24, 2.45) is 0 Å². The number of carbonyl (C=O) groups is 1. The molecule has 2 atom stereocenters. The predicted molar refractivity (Wildman–Crippen MR) is 72.5 cm³/mol. The minimum Gasteiger partial charge on any atom is -0.418 e. The first-order valence-electron chi connectivity index (χ1n) is 6.85. The summed E-state index contributed by atoms with van der Waals surface area (Å²) in [6.45, 7) is 7.57. The zero-order valence-electron chi connectivity index (χ0n) is 12.3. The van der Waals surface area contributed by atoms with Crippen LogP contribution in [0.1, 0.15) is 58.2 Å². The van der Waals surface area contributed by atoms with Crippen LogP contribution >= 0.6 is 0 Å². The summed E-state index contributed by atoms with van der Waals surface area (Å²) in [5.74, 6) is -0.131. The predicted octanol–water partition coefficient (Wildman–Crippen LogP) is 2.90. The van der Waals surface area contributed by atoms with Gasteiger partial charge in [-0.05, 0) is 39.2 Å². The van der Waals surface area contributed by atoms with Gasteiger partial charge in [0, 0.05) is 19.5 Å². The summed E-state index contributed by atoms with van der Waals surface area (Å²) in [4.78, 5) is 13.4. The molecule has 0 spiro atoms. The molecule has 0 aliphatic carbocycles. The molecule has 0 saturated carbocycles. The van der Waals surface area contributed by atoms with Crippen molar-refractivity contribution >= 4 is 11.7 Å². The number of rotatable bonds is 2. The number of halogens is 1. The van der Waals surface area contributed by atoms with Gasteiger partial charge in [0.15, 0.2) is 5.83 Å². The van der Waals surface area contributed by atoms with Gasteiger partial charge in [0.1, 0.15) is 0 Å². The summed E-state index contributed by atoms with van der Waals surface area (Å²) >= 11 is 0. The van der Waals surface area contributed by atoms with Gasteiger partial charge >= 0.3 is 0 Å². The lowest BCUT2D eigenvalue weighted by atomic mass is 9.90. The van der Waals surface area contributed by atoms with Crippen LogP contribution in [0.15, 0.2) is 9.99 Å². The van der Waals surface area contributed by atoms with Crippen molar-refractivity contribution in [3.05, 3.63) is 17.4 Å². The van der Waals surface area contributed by atoms with E-state index in [1.165, 1.54) is 0 Å². The lowest BCUT2D eigenvalue weighted by molar-refractivity contribution is -0.132. The number of allylic oxidation sites excluding steroid dienone is 1. The van der Waals surface area contributed by atoms with E-state index >= 15 is 0 Å². The fourth-order valence-electron chi connectivity index (χ4n) is 2.60. The molecule has 20 heavy (non-hydrogen) atoms. The van der Waals surface area contributed by atoms with E-state index < -0.39 is 5.83 Å². The van der Waals surface area contributed by atoms with Crippen LogP contribution in [0.25, 0.3) is 5.83 Å². The van der Waals surface area contributed by atoms with Gasteiger partial charge in [-0.1, -0.05) is 0 Å². The highest BCUT2D eigenvalue weighted by atomic mass is 19.1. The molecule has 5 nitrogen and oxygen atoms in total. The van der Waals surface area contributed by atoms with Crippen LogP contribution in [-0.2, 0) is 4.79 Å². The van der Waals surface area contributed by atoms with Crippen molar-refractivity contribution in [2.45, 2.75) is 52.5 Å². The van der Waals surface area contributed by atoms with Gasteiger partial charge in [-0.15, -0.1) is 10.2 Å². The van der Waals surface area contributed by atoms with E-state index in [0.29, 0.717) is 11.5 Å². The van der Waals surface area contributed by atoms with Crippen LogP contribution in [0.2, 0.25) is 0 Å². The average molecular weight is 281 g/mol. The summed E-state index contributed by atoms with van der Waals surface area (Å²) < 4.78 is 19.2. The lowest BCUT2D eigenvalue weighted by Gasteiger charge is -2.37. The van der Waals surface area contributed by atoms with Gasteiger partial charge in [-0.2, -0.15) is 0 Å². The minimum atomic E-state index is -0.476. The number of piperidine rings is 1. The molecule has 0 radical (unpaired) electrons. The maximum atomic E-state index is 13.8. The van der Waals surface area contributed by atoms with E-state index in [1.54, 1.807) is 25.7 Å². The Labute approximate surface area is 117 Å². The molecule has 2 rings (SSSR count). The number of hydrogen-bond donors (Lipinski definition) is 0. The molecule has 1 aliphatic heterocycles. The van der Waals surface area contributed by atoms with Crippen LogP contribution in [0.5, 0.6) is 0 Å². The highest BCUT2D eigenvalue weighted by molar-refractivity contribution is 5.73. The number of amides is 1. The third-order valence-electron chi connectivity index (χ3n) is 3.78. The molecule has 1 fully saturated rings. The second-order valence-electron chi connectivity index (χ2n) is 5.46. The van der Waals surface area contributed by atoms with E-state index in [0.717, 1.165) is 19.4 Å². The molecule has 2 heterocycles. The number of aromatic nitrogens is 2. The fourth-order valence-corrected chi connectivity index (χ4v) is 2.60. The Bertz CT molecular complexity index is 534. The largest absolute Gasteiger partial charge is 0.418 e. The van der Waals surface area contributed by atoms with E-state index in [-0.39, 0.29) is 23.8 Å². The van der Waals surface area contributed by atoms with E-state index in [4.69, 9.17) is 4.42 Å². The standard InChI is InChI=1S/C14H20FN3O2/c1-8(2)12(15)14-17-16-13(20-14)11-6-5-7-18(9(11)3)10(4)19/h9,11H,5-7H2,1-4H3/t9-,11-/m0/s1. The second-order valence-corrected chi connectivity index (χ2v) is 5.46. The van der Waals surface area contributed by atoms with Crippen molar-refractivity contribution in [1.29, 1.82) is 0 Å². The van der Waals surface area contributed by atoms with Gasteiger partial charge in [0.05, 0.1) is 5.92 Å². The normalized spacial score (nSPS) is 22.8. The molecular formula is C14H20FN3O2. The quantitative estimate of drug-likeness (QED) is 0.836. The lowest BCUT2D eigenvalue weighted by Crippen LogP contribution is -2.44. The van der Waals surface area contributed by atoms with Crippen molar-refractivity contribution in [3.8, 4) is 0 Å². The van der Waals surface area contributed by atoms with E-state index in [9.17, 15) is 9.18 Å².